The Bertz CT molecular complexity index is 1460. The van der Waals surface area contributed by atoms with Crippen LogP contribution in [0.25, 0.3) is 0 Å². The maximum atomic E-state index is 14.3. The maximum Gasteiger partial charge on any atom is 0.198 e. The fourth-order valence-corrected chi connectivity index (χ4v) is 8.49. The fourth-order valence-electron chi connectivity index (χ4n) is 6.43. The van der Waals surface area contributed by atoms with Crippen LogP contribution < -0.4 is 14.6 Å². The molecular weight excluding hydrogens is 614 g/mol. The van der Waals surface area contributed by atoms with Gasteiger partial charge < -0.3 is 24.3 Å². The molecule has 0 spiro atoms. The van der Waals surface area contributed by atoms with Gasteiger partial charge in [-0.15, -0.1) is 0 Å². The Balaban J connectivity index is 1.48. The summed E-state index contributed by atoms with van der Waals surface area (Å²) in [7, 11) is 0.107. The van der Waals surface area contributed by atoms with Crippen molar-refractivity contribution in [1.82, 2.24) is 5.06 Å². The molecule has 2 aromatic carbocycles. The van der Waals surface area contributed by atoms with Crippen LogP contribution in [0, 0.1) is 0 Å². The van der Waals surface area contributed by atoms with Gasteiger partial charge in [0.1, 0.15) is 19.0 Å². The molecule has 0 radical (unpaired) electrons. The second-order valence-corrected chi connectivity index (χ2v) is 14.8. The molecule has 9 nitrogen and oxygen atoms in total. The first-order valence-corrected chi connectivity index (χ1v) is 18.6. The van der Waals surface area contributed by atoms with E-state index >= 15 is 0 Å². The minimum atomic E-state index is -3.76. The topological polar surface area (TPSA) is 103 Å². The summed E-state index contributed by atoms with van der Waals surface area (Å²) >= 11 is 0. The van der Waals surface area contributed by atoms with Gasteiger partial charge in [0.25, 0.3) is 0 Å². The molecule has 0 saturated heterocycles. The molecule has 2 aliphatic rings. The van der Waals surface area contributed by atoms with Crippen molar-refractivity contribution < 1.29 is 32.8 Å². The first-order valence-electron chi connectivity index (χ1n) is 17.0. The lowest BCUT2D eigenvalue weighted by atomic mass is 9.81. The van der Waals surface area contributed by atoms with E-state index in [4.69, 9.17) is 14.2 Å². The SMILES string of the molecule is CCCCC1(CCCC)C(C)S(=O)(=O)c2ccc(N(C)C)cc2[C@@H](c2ccc(OCCOCCOCC[NH+]=C3C=CC=C3)cc2)N1O. The molecule has 2 aromatic rings. The van der Waals surface area contributed by atoms with Gasteiger partial charge in [0, 0.05) is 31.9 Å². The molecule has 0 fully saturated rings. The molecule has 1 aliphatic carbocycles. The number of hydrogen-bond donors (Lipinski definition) is 2. The van der Waals surface area contributed by atoms with Gasteiger partial charge in [0.05, 0.1) is 41.5 Å². The van der Waals surface area contributed by atoms with E-state index in [9.17, 15) is 13.6 Å². The number of nitrogens with one attached hydrogen (secondary N) is 1. The van der Waals surface area contributed by atoms with E-state index in [1.54, 1.807) is 13.0 Å². The summed E-state index contributed by atoms with van der Waals surface area (Å²) in [6, 6.07) is 12.4. The normalized spacial score (nSPS) is 19.8. The summed E-state index contributed by atoms with van der Waals surface area (Å²) in [4.78, 5) is 5.53. The van der Waals surface area contributed by atoms with Gasteiger partial charge in [0.2, 0.25) is 0 Å². The number of allylic oxidation sites excluding steroid dienone is 4. The quantitative estimate of drug-likeness (QED) is 0.217. The van der Waals surface area contributed by atoms with Crippen LogP contribution in [-0.2, 0) is 19.3 Å². The van der Waals surface area contributed by atoms with Crippen LogP contribution in [0.5, 0.6) is 5.75 Å². The summed E-state index contributed by atoms with van der Waals surface area (Å²) in [5, 5.41) is 13.0. The highest BCUT2D eigenvalue weighted by Crippen LogP contribution is 2.48. The summed E-state index contributed by atoms with van der Waals surface area (Å²) < 4.78 is 45.9. The highest BCUT2D eigenvalue weighted by molar-refractivity contribution is 7.92. The van der Waals surface area contributed by atoms with Crippen molar-refractivity contribution in [3.8, 4) is 5.75 Å². The van der Waals surface area contributed by atoms with Crippen LogP contribution in [-0.4, -0.2) is 88.9 Å². The molecule has 1 unspecified atom stereocenters. The third kappa shape index (κ3) is 8.91. The second-order valence-electron chi connectivity index (χ2n) is 12.6. The van der Waals surface area contributed by atoms with Crippen LogP contribution >= 0.6 is 0 Å². The number of ether oxygens (including phenoxy) is 3. The van der Waals surface area contributed by atoms with Crippen molar-refractivity contribution in [2.45, 2.75) is 81.0 Å². The summed E-state index contributed by atoms with van der Waals surface area (Å²) in [6.45, 7) is 9.15. The van der Waals surface area contributed by atoms with Gasteiger partial charge in [-0.3, -0.25) is 0 Å². The lowest BCUT2D eigenvalue weighted by molar-refractivity contribution is -0.459. The average Bonchev–Trinajstić information content (AvgIpc) is 3.58. The number of sulfone groups is 1. The van der Waals surface area contributed by atoms with E-state index in [0.29, 0.717) is 57.2 Å². The third-order valence-electron chi connectivity index (χ3n) is 9.26. The molecule has 2 atom stereocenters. The molecular formula is C37H54N3O6S+. The molecule has 4 rings (SSSR count). The van der Waals surface area contributed by atoms with Crippen molar-refractivity contribution >= 4 is 21.2 Å². The van der Waals surface area contributed by atoms with Gasteiger partial charge in [0.15, 0.2) is 22.1 Å². The number of fused-ring (bicyclic) bond motifs is 1. The predicted octanol–water partition coefficient (Wildman–Crippen LogP) is 4.89. The lowest BCUT2D eigenvalue weighted by Crippen LogP contribution is -2.73. The molecule has 258 valence electrons. The number of unbranched alkanes of at least 4 members (excludes halogenated alkanes) is 2. The number of rotatable bonds is 18. The minimum absolute atomic E-state index is 0.286. The molecule has 2 N–H and O–H groups in total. The van der Waals surface area contributed by atoms with Gasteiger partial charge in [-0.1, -0.05) is 63.8 Å². The number of benzene rings is 2. The molecule has 1 heterocycles. The molecule has 0 bridgehead atoms. The number of hydrogen-bond acceptors (Lipinski definition) is 8. The Morgan fingerprint density at radius 1 is 0.894 bits per heavy atom. The predicted molar refractivity (Wildman–Crippen MR) is 187 cm³/mol. The molecule has 0 amide bonds. The molecule has 10 heteroatoms. The Kier molecular flexibility index (Phi) is 13.6. The zero-order valence-corrected chi connectivity index (χ0v) is 29.6. The monoisotopic (exact) mass is 668 g/mol. The molecule has 47 heavy (non-hydrogen) atoms. The van der Waals surface area contributed by atoms with Gasteiger partial charge >= 0.3 is 0 Å². The van der Waals surface area contributed by atoms with Gasteiger partial charge in [-0.2, -0.15) is 5.06 Å². The molecule has 1 aliphatic heterocycles. The van der Waals surface area contributed by atoms with E-state index in [2.05, 4.69) is 18.8 Å². The maximum absolute atomic E-state index is 14.3. The van der Waals surface area contributed by atoms with Crippen molar-refractivity contribution in [3.63, 3.8) is 0 Å². The van der Waals surface area contributed by atoms with E-state index < -0.39 is 26.7 Å². The van der Waals surface area contributed by atoms with Crippen molar-refractivity contribution in [2.75, 3.05) is 58.6 Å². The van der Waals surface area contributed by atoms with Crippen LogP contribution in [0.2, 0.25) is 0 Å². The Labute approximate surface area is 281 Å². The van der Waals surface area contributed by atoms with Crippen LogP contribution in [0.15, 0.2) is 71.7 Å². The van der Waals surface area contributed by atoms with Gasteiger partial charge in [-0.05, 0) is 61.2 Å². The Morgan fingerprint density at radius 2 is 1.51 bits per heavy atom. The van der Waals surface area contributed by atoms with Crippen LogP contribution in [0.1, 0.15) is 76.5 Å². The zero-order chi connectivity index (χ0) is 33.9. The minimum Gasteiger partial charge on any atom is -0.491 e. The standard InChI is InChI=1S/C37H53N3O6S/c1-6-8-20-37(21-9-7-2)29(3)47(42,43)35-19-16-32(39(4)5)28-34(35)36(40(37)41)30-14-17-33(18-15-30)46-27-26-45-25-24-44-23-22-38-31-12-10-11-13-31/h10-19,28-29,36,41H,6-9,20-27H2,1-5H3/p+1/t29?,36-/m1/s1. The number of anilines is 1. The third-order valence-corrected chi connectivity index (χ3v) is 11.6. The summed E-state index contributed by atoms with van der Waals surface area (Å²) in [5.41, 5.74) is 2.42. The average molecular weight is 669 g/mol. The highest BCUT2D eigenvalue weighted by atomic mass is 32.2. The fraction of sp³-hybridized carbons (Fsp3) is 0.541. The summed E-state index contributed by atoms with van der Waals surface area (Å²) in [5.74, 6) is 0.678. The van der Waals surface area contributed by atoms with E-state index in [1.807, 2.05) is 79.7 Å². The Morgan fingerprint density at radius 3 is 2.13 bits per heavy atom. The zero-order valence-electron chi connectivity index (χ0n) is 28.8. The second kappa shape index (κ2) is 17.4. The van der Waals surface area contributed by atoms with Crippen molar-refractivity contribution in [3.05, 3.63) is 77.9 Å². The molecule has 0 aromatic heterocycles. The van der Waals surface area contributed by atoms with Gasteiger partial charge in [-0.25, -0.2) is 13.4 Å². The lowest BCUT2D eigenvalue weighted by Gasteiger charge is -2.46. The van der Waals surface area contributed by atoms with E-state index in [1.165, 1.54) is 5.06 Å². The smallest absolute Gasteiger partial charge is 0.198 e. The van der Waals surface area contributed by atoms with E-state index in [0.717, 1.165) is 49.2 Å². The van der Waals surface area contributed by atoms with E-state index in [-0.39, 0.29) is 4.90 Å². The number of nitrogens with zero attached hydrogens (tertiary/aromatic N) is 2. The van der Waals surface area contributed by atoms with Crippen molar-refractivity contribution in [1.29, 1.82) is 0 Å². The highest BCUT2D eigenvalue weighted by Gasteiger charge is 2.53. The van der Waals surface area contributed by atoms with Crippen LogP contribution in [0.3, 0.4) is 0 Å². The Hall–Kier alpha value is -3.02. The first-order chi connectivity index (χ1) is 22.7. The first kappa shape index (κ1) is 36.8. The van der Waals surface area contributed by atoms with Crippen LogP contribution in [0.4, 0.5) is 5.69 Å². The van der Waals surface area contributed by atoms with Crippen molar-refractivity contribution in [2.24, 2.45) is 0 Å². The summed E-state index contributed by atoms with van der Waals surface area (Å²) in [6.07, 6.45) is 12.7. The largest absolute Gasteiger partial charge is 0.491 e. The number of hydroxylamine groups is 2. The molecule has 0 saturated carbocycles.